The van der Waals surface area contributed by atoms with Crippen molar-refractivity contribution in [3.05, 3.63) is 95.8 Å². The Morgan fingerprint density at radius 2 is 1.39 bits per heavy atom. The maximum Gasteiger partial charge on any atom is 0.0361 e. The molecular formula is C21H20N2. The molecule has 0 bridgehead atoms. The Labute approximate surface area is 137 Å². The molecular weight excluding hydrogens is 280 g/mol. The van der Waals surface area contributed by atoms with Crippen LogP contribution in [-0.2, 0) is 0 Å². The van der Waals surface area contributed by atoms with E-state index in [1.165, 1.54) is 22.4 Å². The summed E-state index contributed by atoms with van der Waals surface area (Å²) in [5, 5.41) is 0. The van der Waals surface area contributed by atoms with E-state index in [2.05, 4.69) is 78.6 Å². The molecule has 3 rings (SSSR count). The Kier molecular flexibility index (Phi) is 4.53. The average Bonchev–Trinajstić information content (AvgIpc) is 2.61. The van der Waals surface area contributed by atoms with E-state index in [0.29, 0.717) is 0 Å². The highest BCUT2D eigenvalue weighted by molar-refractivity contribution is 5.91. The summed E-state index contributed by atoms with van der Waals surface area (Å²) in [7, 11) is 4.11. The molecule has 0 spiro atoms. The van der Waals surface area contributed by atoms with Crippen molar-refractivity contribution in [1.29, 1.82) is 0 Å². The van der Waals surface area contributed by atoms with Crippen molar-refractivity contribution < 1.29 is 0 Å². The fourth-order valence-corrected chi connectivity index (χ4v) is 2.52. The third kappa shape index (κ3) is 3.67. The topological polar surface area (TPSA) is 16.1 Å². The first-order chi connectivity index (χ1) is 11.2. The van der Waals surface area contributed by atoms with E-state index in [4.69, 9.17) is 0 Å². The van der Waals surface area contributed by atoms with Crippen LogP contribution >= 0.6 is 0 Å². The molecule has 1 heterocycles. The quantitative estimate of drug-likeness (QED) is 0.692. The van der Waals surface area contributed by atoms with E-state index >= 15 is 0 Å². The van der Waals surface area contributed by atoms with Gasteiger partial charge in [-0.25, -0.2) is 0 Å². The van der Waals surface area contributed by atoms with Crippen LogP contribution in [0.3, 0.4) is 0 Å². The van der Waals surface area contributed by atoms with E-state index in [9.17, 15) is 0 Å². The minimum Gasteiger partial charge on any atom is -0.378 e. The van der Waals surface area contributed by atoms with E-state index in [0.717, 1.165) is 5.56 Å². The van der Waals surface area contributed by atoms with Gasteiger partial charge in [0.15, 0.2) is 0 Å². The molecule has 0 N–H and O–H groups in total. The molecule has 1 aromatic heterocycles. The van der Waals surface area contributed by atoms with Crippen LogP contribution in [0, 0.1) is 0 Å². The third-order valence-electron chi connectivity index (χ3n) is 3.80. The molecule has 23 heavy (non-hydrogen) atoms. The van der Waals surface area contributed by atoms with Crippen molar-refractivity contribution in [2.45, 2.75) is 0 Å². The first-order valence-electron chi connectivity index (χ1n) is 7.69. The van der Waals surface area contributed by atoms with Gasteiger partial charge in [0.1, 0.15) is 0 Å². The lowest BCUT2D eigenvalue weighted by Gasteiger charge is -2.14. The van der Waals surface area contributed by atoms with E-state index in [-0.39, 0.29) is 0 Å². The van der Waals surface area contributed by atoms with E-state index < -0.39 is 0 Å². The molecule has 3 aromatic rings. The van der Waals surface area contributed by atoms with Crippen molar-refractivity contribution in [1.82, 2.24) is 4.98 Å². The molecule has 0 unspecified atom stereocenters. The van der Waals surface area contributed by atoms with Gasteiger partial charge in [-0.1, -0.05) is 42.5 Å². The Balaban J connectivity index is 2.07. The molecule has 2 heteroatoms. The normalized spacial score (nSPS) is 11.3. The van der Waals surface area contributed by atoms with Gasteiger partial charge in [0.2, 0.25) is 0 Å². The van der Waals surface area contributed by atoms with Gasteiger partial charge < -0.3 is 4.90 Å². The van der Waals surface area contributed by atoms with Gasteiger partial charge >= 0.3 is 0 Å². The summed E-state index contributed by atoms with van der Waals surface area (Å²) >= 11 is 0. The highest BCUT2D eigenvalue weighted by Gasteiger charge is 2.06. The first-order valence-corrected chi connectivity index (χ1v) is 7.69. The lowest BCUT2D eigenvalue weighted by Crippen LogP contribution is -2.08. The van der Waals surface area contributed by atoms with Crippen molar-refractivity contribution in [3.8, 4) is 0 Å². The van der Waals surface area contributed by atoms with Crippen molar-refractivity contribution in [2.75, 3.05) is 19.0 Å². The van der Waals surface area contributed by atoms with Gasteiger partial charge in [0.25, 0.3) is 0 Å². The molecule has 0 aliphatic carbocycles. The molecule has 0 saturated carbocycles. The summed E-state index contributed by atoms with van der Waals surface area (Å²) in [6.07, 6.45) is 5.86. The number of hydrogen-bond acceptors (Lipinski definition) is 2. The van der Waals surface area contributed by atoms with Crippen LogP contribution in [0.25, 0.3) is 11.6 Å². The Hall–Kier alpha value is -2.87. The van der Waals surface area contributed by atoms with Gasteiger partial charge in [0, 0.05) is 32.2 Å². The summed E-state index contributed by atoms with van der Waals surface area (Å²) in [6, 6.07) is 23.2. The molecule has 0 amide bonds. The number of pyridine rings is 1. The minimum absolute atomic E-state index is 1.15. The van der Waals surface area contributed by atoms with Gasteiger partial charge in [0.05, 0.1) is 0 Å². The molecule has 2 nitrogen and oxygen atoms in total. The number of anilines is 1. The van der Waals surface area contributed by atoms with Gasteiger partial charge in [-0.2, -0.15) is 0 Å². The predicted octanol–water partition coefficient (Wildman–Crippen LogP) is 4.74. The zero-order valence-corrected chi connectivity index (χ0v) is 13.5. The minimum atomic E-state index is 1.15. The molecule has 2 aromatic carbocycles. The lowest BCUT2D eigenvalue weighted by molar-refractivity contribution is 1.13. The monoisotopic (exact) mass is 300 g/mol. The Morgan fingerprint density at radius 3 is 2.00 bits per heavy atom. The summed E-state index contributed by atoms with van der Waals surface area (Å²) < 4.78 is 0. The van der Waals surface area contributed by atoms with Gasteiger partial charge in [-0.15, -0.1) is 0 Å². The molecule has 0 atom stereocenters. The summed E-state index contributed by atoms with van der Waals surface area (Å²) in [5.74, 6) is 0. The number of benzene rings is 2. The molecule has 0 aliphatic rings. The number of aromatic nitrogens is 1. The van der Waals surface area contributed by atoms with Crippen molar-refractivity contribution in [2.24, 2.45) is 0 Å². The second kappa shape index (κ2) is 6.93. The summed E-state index contributed by atoms with van der Waals surface area (Å²) in [5.41, 5.74) is 5.98. The Bertz CT molecular complexity index is 773. The van der Waals surface area contributed by atoms with Crippen LogP contribution in [0.1, 0.15) is 16.7 Å². The van der Waals surface area contributed by atoms with Crippen molar-refractivity contribution in [3.63, 3.8) is 0 Å². The predicted molar refractivity (Wildman–Crippen MR) is 98.4 cm³/mol. The number of nitrogens with zero attached hydrogens (tertiary/aromatic N) is 2. The first kappa shape index (κ1) is 15.0. The van der Waals surface area contributed by atoms with Crippen LogP contribution in [0.4, 0.5) is 5.69 Å². The lowest BCUT2D eigenvalue weighted by atomic mass is 9.95. The third-order valence-corrected chi connectivity index (χ3v) is 3.80. The van der Waals surface area contributed by atoms with Crippen LogP contribution in [-0.4, -0.2) is 19.1 Å². The second-order valence-electron chi connectivity index (χ2n) is 5.65. The average molecular weight is 300 g/mol. The van der Waals surface area contributed by atoms with Gasteiger partial charge in [-0.3, -0.25) is 4.98 Å². The van der Waals surface area contributed by atoms with Crippen LogP contribution in [0.15, 0.2) is 79.1 Å². The van der Waals surface area contributed by atoms with Crippen LogP contribution in [0.2, 0.25) is 0 Å². The van der Waals surface area contributed by atoms with Crippen LogP contribution in [0.5, 0.6) is 0 Å². The largest absolute Gasteiger partial charge is 0.378 e. The molecule has 0 fully saturated rings. The summed E-state index contributed by atoms with van der Waals surface area (Å²) in [6.45, 7) is 0. The van der Waals surface area contributed by atoms with Crippen molar-refractivity contribution >= 4 is 17.3 Å². The maximum absolute atomic E-state index is 4.09. The molecule has 0 aliphatic heterocycles. The smallest absolute Gasteiger partial charge is 0.0361 e. The highest BCUT2D eigenvalue weighted by atomic mass is 15.1. The van der Waals surface area contributed by atoms with Gasteiger partial charge in [-0.05, 0) is 52.6 Å². The molecule has 0 saturated heterocycles. The fraction of sp³-hybridized carbons (Fsp3) is 0.0952. The van der Waals surface area contributed by atoms with Crippen LogP contribution < -0.4 is 4.90 Å². The SMILES string of the molecule is CN(C)c1ccc(C(=Cc2ccncc2)c2ccccc2)cc1. The zero-order valence-electron chi connectivity index (χ0n) is 13.5. The fourth-order valence-electron chi connectivity index (χ4n) is 2.52. The van der Waals surface area contributed by atoms with E-state index in [1.54, 1.807) is 0 Å². The molecule has 0 radical (unpaired) electrons. The highest BCUT2D eigenvalue weighted by Crippen LogP contribution is 2.27. The zero-order chi connectivity index (χ0) is 16.1. The Morgan fingerprint density at radius 1 is 0.783 bits per heavy atom. The maximum atomic E-state index is 4.09. The number of rotatable bonds is 4. The molecule has 114 valence electrons. The second-order valence-corrected chi connectivity index (χ2v) is 5.65. The summed E-state index contributed by atoms with van der Waals surface area (Å²) in [4.78, 5) is 6.20. The standard InChI is InChI=1S/C21H20N2/c1-23(2)20-10-8-19(9-11-20)21(18-6-4-3-5-7-18)16-17-12-14-22-15-13-17/h3-16H,1-2H3. The number of hydrogen-bond donors (Lipinski definition) is 0. The van der Waals surface area contributed by atoms with E-state index in [1.807, 2.05) is 30.6 Å².